The third-order valence-electron chi connectivity index (χ3n) is 2.70. The minimum absolute atomic E-state index is 0.0247. The number of nitrogens with one attached hydrogen (secondary N) is 1. The van der Waals surface area contributed by atoms with Crippen molar-refractivity contribution >= 4 is 11.6 Å². The van der Waals surface area contributed by atoms with Crippen LogP contribution in [0.15, 0.2) is 12.1 Å². The van der Waals surface area contributed by atoms with Crippen LogP contribution in [0.5, 0.6) is 0 Å². The lowest BCUT2D eigenvalue weighted by Crippen LogP contribution is -2.28. The van der Waals surface area contributed by atoms with Gasteiger partial charge in [0.15, 0.2) is 11.6 Å². The molecule has 0 spiro atoms. The molecule has 3 N–H and O–H groups in total. The fraction of sp³-hybridized carbons (Fsp3) is 0.250. The Bertz CT molecular complexity index is 655. The van der Waals surface area contributed by atoms with Crippen LogP contribution in [0.1, 0.15) is 22.0 Å². The van der Waals surface area contributed by atoms with Gasteiger partial charge in [0.05, 0.1) is 12.2 Å². The van der Waals surface area contributed by atoms with Crippen molar-refractivity contribution in [1.29, 1.82) is 0 Å². The largest absolute Gasteiger partial charge is 0.396 e. The maximum absolute atomic E-state index is 13.8. The number of carbonyl (C=O) groups excluding carboxylic acids is 1. The molecule has 1 heterocycles. The highest BCUT2D eigenvalue weighted by atomic mass is 19.1. The lowest BCUT2D eigenvalue weighted by atomic mass is 10.1. The van der Waals surface area contributed by atoms with E-state index in [9.17, 15) is 13.6 Å². The molecule has 0 saturated heterocycles. The molecule has 0 aliphatic rings. The molecule has 2 aromatic rings. The van der Waals surface area contributed by atoms with Crippen LogP contribution >= 0.6 is 0 Å². The minimum atomic E-state index is -1.06. The number of aryl methyl sites for hydroxylation is 1. The topological polar surface area (TPSA) is 87.9 Å². The number of amides is 1. The highest BCUT2D eigenvalue weighted by Crippen LogP contribution is 2.20. The van der Waals surface area contributed by atoms with Gasteiger partial charge in [-0.05, 0) is 19.1 Å². The van der Waals surface area contributed by atoms with E-state index in [1.807, 2.05) is 0 Å². The Morgan fingerprint density at radius 1 is 1.45 bits per heavy atom. The fourth-order valence-corrected chi connectivity index (χ4v) is 1.70. The molecule has 0 unspecified atom stereocenters. The molecule has 0 aliphatic carbocycles. The van der Waals surface area contributed by atoms with Crippen molar-refractivity contribution in [3.05, 3.63) is 41.0 Å². The first-order valence-electron chi connectivity index (χ1n) is 5.77. The van der Waals surface area contributed by atoms with Crippen LogP contribution in [0, 0.1) is 18.6 Å². The fourth-order valence-electron chi connectivity index (χ4n) is 1.70. The van der Waals surface area contributed by atoms with Gasteiger partial charge in [0, 0.05) is 7.05 Å². The first-order chi connectivity index (χ1) is 9.40. The number of halogens is 2. The predicted octanol–water partition coefficient (Wildman–Crippen LogP) is 1.25. The van der Waals surface area contributed by atoms with Crippen molar-refractivity contribution < 1.29 is 13.6 Å². The molecule has 8 heteroatoms. The molecule has 6 nitrogen and oxygen atoms in total. The zero-order valence-electron chi connectivity index (χ0n) is 10.9. The number of carbonyl (C=O) groups is 1. The lowest BCUT2D eigenvalue weighted by molar-refractivity contribution is 0.0772. The Morgan fingerprint density at radius 2 is 2.15 bits per heavy atom. The van der Waals surface area contributed by atoms with Gasteiger partial charge in [0.1, 0.15) is 17.2 Å². The van der Waals surface area contributed by atoms with E-state index in [0.29, 0.717) is 11.6 Å². The van der Waals surface area contributed by atoms with Gasteiger partial charge in [-0.25, -0.2) is 13.8 Å². The van der Waals surface area contributed by atoms with Gasteiger partial charge in [0.25, 0.3) is 5.91 Å². The molecule has 106 valence electrons. The zero-order valence-corrected chi connectivity index (χ0v) is 10.9. The Hall–Kier alpha value is -2.51. The molecule has 0 fully saturated rings. The van der Waals surface area contributed by atoms with Gasteiger partial charge in [-0.3, -0.25) is 9.89 Å². The van der Waals surface area contributed by atoms with Crippen molar-refractivity contribution in [2.24, 2.45) is 0 Å². The highest BCUT2D eigenvalue weighted by Gasteiger charge is 2.23. The minimum Gasteiger partial charge on any atom is -0.396 e. The molecular formula is C12H13F2N5O. The molecular weight excluding hydrogens is 268 g/mol. The average Bonchev–Trinajstić information content (AvgIpc) is 2.79. The van der Waals surface area contributed by atoms with Crippen LogP contribution in [0.4, 0.5) is 14.5 Å². The van der Waals surface area contributed by atoms with Crippen LogP contribution in [0.3, 0.4) is 0 Å². The van der Waals surface area contributed by atoms with E-state index in [2.05, 4.69) is 15.2 Å². The predicted molar refractivity (Wildman–Crippen MR) is 67.7 cm³/mol. The summed E-state index contributed by atoms with van der Waals surface area (Å²) in [4.78, 5) is 17.2. The summed E-state index contributed by atoms with van der Waals surface area (Å²) < 4.78 is 27.4. The summed E-state index contributed by atoms with van der Waals surface area (Å²) in [5, 5.41) is 6.47. The van der Waals surface area contributed by atoms with E-state index >= 15 is 0 Å². The number of anilines is 1. The Balaban J connectivity index is 2.25. The smallest absolute Gasteiger partial charge is 0.260 e. The van der Waals surface area contributed by atoms with Crippen LogP contribution in [0.25, 0.3) is 0 Å². The number of nitrogen functional groups attached to an aromatic ring is 1. The highest BCUT2D eigenvalue weighted by molar-refractivity contribution is 5.95. The van der Waals surface area contributed by atoms with E-state index in [4.69, 9.17) is 5.73 Å². The SMILES string of the molecule is Cc1nc(CN(C)C(=O)c2c(F)ccc(N)c2F)n[nH]1. The standard InChI is InChI=1S/C12H13F2N5O/c1-6-16-9(18-17-6)5-19(2)12(20)10-7(13)3-4-8(15)11(10)14/h3-4H,5,15H2,1-2H3,(H,16,17,18). The van der Waals surface area contributed by atoms with E-state index < -0.39 is 23.1 Å². The summed E-state index contributed by atoms with van der Waals surface area (Å²) in [5.41, 5.74) is 4.38. The van der Waals surface area contributed by atoms with Crippen LogP contribution in [-0.4, -0.2) is 33.0 Å². The van der Waals surface area contributed by atoms with E-state index in [1.54, 1.807) is 6.92 Å². The maximum Gasteiger partial charge on any atom is 0.260 e. The number of benzene rings is 1. The van der Waals surface area contributed by atoms with Gasteiger partial charge in [-0.2, -0.15) is 5.10 Å². The van der Waals surface area contributed by atoms with Crippen LogP contribution in [0.2, 0.25) is 0 Å². The van der Waals surface area contributed by atoms with Gasteiger partial charge in [-0.15, -0.1) is 0 Å². The van der Waals surface area contributed by atoms with Crippen molar-refractivity contribution in [3.63, 3.8) is 0 Å². The molecule has 2 rings (SSSR count). The van der Waals surface area contributed by atoms with Crippen LogP contribution < -0.4 is 5.73 Å². The number of nitrogens with zero attached hydrogens (tertiary/aromatic N) is 3. The second-order valence-corrected chi connectivity index (χ2v) is 4.32. The molecule has 0 aliphatic heterocycles. The van der Waals surface area contributed by atoms with Gasteiger partial charge in [0.2, 0.25) is 0 Å². The maximum atomic E-state index is 13.8. The molecule has 1 aromatic carbocycles. The molecule has 20 heavy (non-hydrogen) atoms. The second-order valence-electron chi connectivity index (χ2n) is 4.32. The average molecular weight is 281 g/mol. The number of H-pyrrole nitrogens is 1. The first kappa shape index (κ1) is 13.9. The summed E-state index contributed by atoms with van der Waals surface area (Å²) in [6.07, 6.45) is 0. The molecule has 0 bridgehead atoms. The van der Waals surface area contributed by atoms with E-state index in [1.165, 1.54) is 7.05 Å². The molecule has 0 atom stereocenters. The zero-order chi connectivity index (χ0) is 14.9. The Kier molecular flexibility index (Phi) is 3.64. The summed E-state index contributed by atoms with van der Waals surface area (Å²) in [6, 6.07) is 2.02. The van der Waals surface area contributed by atoms with Gasteiger partial charge < -0.3 is 10.6 Å². The number of hydrogen-bond acceptors (Lipinski definition) is 4. The van der Waals surface area contributed by atoms with E-state index in [0.717, 1.165) is 17.0 Å². The number of aromatic nitrogens is 3. The summed E-state index contributed by atoms with van der Waals surface area (Å²) in [5.74, 6) is -1.91. The third kappa shape index (κ3) is 2.58. The third-order valence-corrected chi connectivity index (χ3v) is 2.70. The molecule has 1 aromatic heterocycles. The first-order valence-corrected chi connectivity index (χ1v) is 5.77. The van der Waals surface area contributed by atoms with Crippen molar-refractivity contribution in [1.82, 2.24) is 20.1 Å². The monoisotopic (exact) mass is 281 g/mol. The summed E-state index contributed by atoms with van der Waals surface area (Å²) in [7, 11) is 1.40. The molecule has 1 amide bonds. The molecule has 0 saturated carbocycles. The normalized spacial score (nSPS) is 10.6. The Labute approximate surface area is 113 Å². The number of rotatable bonds is 3. The number of hydrogen-bond donors (Lipinski definition) is 2. The van der Waals surface area contributed by atoms with Crippen molar-refractivity contribution in [2.75, 3.05) is 12.8 Å². The Morgan fingerprint density at radius 3 is 2.75 bits per heavy atom. The van der Waals surface area contributed by atoms with Crippen molar-refractivity contribution in [2.45, 2.75) is 13.5 Å². The van der Waals surface area contributed by atoms with Gasteiger partial charge >= 0.3 is 0 Å². The van der Waals surface area contributed by atoms with E-state index in [-0.39, 0.29) is 12.2 Å². The summed E-state index contributed by atoms with van der Waals surface area (Å²) >= 11 is 0. The number of aromatic amines is 1. The molecule has 0 radical (unpaired) electrons. The lowest BCUT2D eigenvalue weighted by Gasteiger charge is -2.16. The van der Waals surface area contributed by atoms with Crippen molar-refractivity contribution in [3.8, 4) is 0 Å². The van der Waals surface area contributed by atoms with Crippen LogP contribution in [-0.2, 0) is 6.54 Å². The second kappa shape index (κ2) is 5.24. The quantitative estimate of drug-likeness (QED) is 0.829. The summed E-state index contributed by atoms with van der Waals surface area (Å²) in [6.45, 7) is 1.73. The number of nitrogens with two attached hydrogens (primary N) is 1. The van der Waals surface area contributed by atoms with Gasteiger partial charge in [-0.1, -0.05) is 0 Å².